The summed E-state index contributed by atoms with van der Waals surface area (Å²) in [6.45, 7) is 2.91. The Kier molecular flexibility index (Phi) is 4.02. The van der Waals surface area contributed by atoms with Crippen LogP contribution in [0.4, 0.5) is 11.4 Å². The molecule has 6 heteroatoms. The molecule has 1 aromatic rings. The van der Waals surface area contributed by atoms with Gasteiger partial charge in [-0.15, -0.1) is 0 Å². The van der Waals surface area contributed by atoms with E-state index >= 15 is 0 Å². The Bertz CT molecular complexity index is 461. The van der Waals surface area contributed by atoms with Crippen LogP contribution in [-0.4, -0.2) is 22.0 Å². The standard InChI is InChI=1S/C12H15ClN2O2S/c1-12(5-2-6-18-12)8-14-10-7-9(13)3-4-11(10)15(16)17/h3-4,7,14H,2,5-6,8H2,1H3. The van der Waals surface area contributed by atoms with Gasteiger partial charge in [-0.3, -0.25) is 10.1 Å². The summed E-state index contributed by atoms with van der Waals surface area (Å²) in [6, 6.07) is 4.59. The molecule has 1 saturated heterocycles. The highest BCUT2D eigenvalue weighted by Crippen LogP contribution is 2.38. The van der Waals surface area contributed by atoms with Crippen LogP contribution in [0.15, 0.2) is 18.2 Å². The molecule has 1 aromatic carbocycles. The predicted octanol–water partition coefficient (Wildman–Crippen LogP) is 3.95. The number of nitro benzene ring substituents is 1. The molecule has 0 aliphatic carbocycles. The van der Waals surface area contributed by atoms with Gasteiger partial charge in [-0.2, -0.15) is 11.8 Å². The van der Waals surface area contributed by atoms with Gasteiger partial charge in [0.25, 0.3) is 5.69 Å². The van der Waals surface area contributed by atoms with E-state index in [1.807, 2.05) is 11.8 Å². The number of nitrogens with zero attached hydrogens (tertiary/aromatic N) is 1. The second-order valence-corrected chi connectivity index (χ2v) is 6.79. The molecule has 98 valence electrons. The summed E-state index contributed by atoms with van der Waals surface area (Å²) in [7, 11) is 0. The van der Waals surface area contributed by atoms with Gasteiger partial charge in [0.1, 0.15) is 5.69 Å². The van der Waals surface area contributed by atoms with Gasteiger partial charge in [0.15, 0.2) is 0 Å². The maximum atomic E-state index is 10.9. The zero-order chi connectivity index (χ0) is 13.2. The van der Waals surface area contributed by atoms with E-state index < -0.39 is 0 Å². The molecule has 0 amide bonds. The summed E-state index contributed by atoms with van der Waals surface area (Å²) in [5.41, 5.74) is 0.576. The van der Waals surface area contributed by atoms with Crippen molar-refractivity contribution < 1.29 is 4.92 Å². The van der Waals surface area contributed by atoms with Crippen molar-refractivity contribution in [2.24, 2.45) is 0 Å². The number of hydrogen-bond donors (Lipinski definition) is 1. The summed E-state index contributed by atoms with van der Waals surface area (Å²) >= 11 is 7.80. The molecule has 1 aliphatic rings. The number of halogens is 1. The molecule has 0 spiro atoms. The highest BCUT2D eigenvalue weighted by Gasteiger charge is 2.29. The third kappa shape index (κ3) is 3.09. The minimum Gasteiger partial charge on any atom is -0.378 e. The molecule has 0 aromatic heterocycles. The van der Waals surface area contributed by atoms with Gasteiger partial charge in [0.05, 0.1) is 4.92 Å². The number of rotatable bonds is 4. The largest absolute Gasteiger partial charge is 0.378 e. The van der Waals surface area contributed by atoms with Crippen LogP contribution < -0.4 is 5.32 Å². The normalized spacial score (nSPS) is 23.0. The van der Waals surface area contributed by atoms with Crippen molar-refractivity contribution in [2.75, 3.05) is 17.6 Å². The van der Waals surface area contributed by atoms with E-state index in [1.165, 1.54) is 18.6 Å². The Morgan fingerprint density at radius 2 is 2.39 bits per heavy atom. The Balaban J connectivity index is 2.12. The van der Waals surface area contributed by atoms with E-state index in [0.717, 1.165) is 18.7 Å². The average Bonchev–Trinajstić information content (AvgIpc) is 2.74. The molecule has 1 N–H and O–H groups in total. The maximum Gasteiger partial charge on any atom is 0.292 e. The first-order valence-electron chi connectivity index (χ1n) is 5.82. The fourth-order valence-corrected chi connectivity index (χ4v) is 3.48. The number of anilines is 1. The van der Waals surface area contributed by atoms with Crippen LogP contribution in [0.25, 0.3) is 0 Å². The smallest absolute Gasteiger partial charge is 0.292 e. The van der Waals surface area contributed by atoms with E-state index in [1.54, 1.807) is 6.07 Å². The topological polar surface area (TPSA) is 55.2 Å². The first kappa shape index (κ1) is 13.5. The Morgan fingerprint density at radius 1 is 1.61 bits per heavy atom. The van der Waals surface area contributed by atoms with E-state index in [4.69, 9.17) is 11.6 Å². The van der Waals surface area contributed by atoms with Crippen molar-refractivity contribution >= 4 is 34.7 Å². The molecule has 1 unspecified atom stereocenters. The third-order valence-electron chi connectivity index (χ3n) is 3.11. The average molecular weight is 287 g/mol. The van der Waals surface area contributed by atoms with Crippen LogP contribution in [0.3, 0.4) is 0 Å². The number of nitrogens with one attached hydrogen (secondary N) is 1. The second kappa shape index (κ2) is 5.36. The van der Waals surface area contributed by atoms with Gasteiger partial charge in [-0.1, -0.05) is 11.6 Å². The second-order valence-electron chi connectivity index (χ2n) is 4.67. The fraction of sp³-hybridized carbons (Fsp3) is 0.500. The molecule has 1 fully saturated rings. The van der Waals surface area contributed by atoms with Crippen LogP contribution in [0.2, 0.25) is 5.02 Å². The fourth-order valence-electron chi connectivity index (χ4n) is 2.07. The molecule has 4 nitrogen and oxygen atoms in total. The van der Waals surface area contributed by atoms with Crippen LogP contribution in [0.5, 0.6) is 0 Å². The Morgan fingerprint density at radius 3 is 3.00 bits per heavy atom. The van der Waals surface area contributed by atoms with Gasteiger partial charge in [0, 0.05) is 22.4 Å². The van der Waals surface area contributed by atoms with Gasteiger partial charge in [-0.25, -0.2) is 0 Å². The maximum absolute atomic E-state index is 10.9. The van der Waals surface area contributed by atoms with Gasteiger partial charge in [-0.05, 0) is 37.7 Å². The van der Waals surface area contributed by atoms with E-state index in [-0.39, 0.29) is 15.4 Å². The summed E-state index contributed by atoms with van der Waals surface area (Å²) in [4.78, 5) is 10.5. The number of thioether (sulfide) groups is 1. The van der Waals surface area contributed by atoms with E-state index in [2.05, 4.69) is 12.2 Å². The lowest BCUT2D eigenvalue weighted by Crippen LogP contribution is -2.27. The van der Waals surface area contributed by atoms with Crippen LogP contribution in [0, 0.1) is 10.1 Å². The van der Waals surface area contributed by atoms with E-state index in [0.29, 0.717) is 10.7 Å². The predicted molar refractivity (Wildman–Crippen MR) is 76.7 cm³/mol. The Hall–Kier alpha value is -0.940. The minimum absolute atomic E-state index is 0.0750. The lowest BCUT2D eigenvalue weighted by molar-refractivity contribution is -0.384. The molecule has 0 bridgehead atoms. The lowest BCUT2D eigenvalue weighted by Gasteiger charge is -2.23. The lowest BCUT2D eigenvalue weighted by atomic mass is 10.1. The quantitative estimate of drug-likeness (QED) is 0.673. The summed E-state index contributed by atoms with van der Waals surface area (Å²) in [6.07, 6.45) is 2.35. The summed E-state index contributed by atoms with van der Waals surface area (Å²) in [5, 5.41) is 14.6. The zero-order valence-corrected chi connectivity index (χ0v) is 11.7. The van der Waals surface area contributed by atoms with Gasteiger partial charge < -0.3 is 5.32 Å². The van der Waals surface area contributed by atoms with Crippen molar-refractivity contribution in [2.45, 2.75) is 24.5 Å². The van der Waals surface area contributed by atoms with Crippen molar-refractivity contribution in [3.05, 3.63) is 33.3 Å². The third-order valence-corrected chi connectivity index (χ3v) is 4.88. The molecule has 2 rings (SSSR count). The highest BCUT2D eigenvalue weighted by molar-refractivity contribution is 8.00. The molecular formula is C12H15ClN2O2S. The zero-order valence-electron chi connectivity index (χ0n) is 10.1. The highest BCUT2D eigenvalue weighted by atomic mass is 35.5. The molecule has 1 heterocycles. The first-order valence-corrected chi connectivity index (χ1v) is 7.18. The number of nitro groups is 1. The minimum atomic E-state index is -0.386. The number of hydrogen-bond acceptors (Lipinski definition) is 4. The molecule has 1 atom stereocenters. The van der Waals surface area contributed by atoms with Crippen molar-refractivity contribution in [1.82, 2.24) is 0 Å². The molecule has 0 saturated carbocycles. The molecule has 1 aliphatic heterocycles. The van der Waals surface area contributed by atoms with Gasteiger partial charge in [0.2, 0.25) is 0 Å². The monoisotopic (exact) mass is 286 g/mol. The Labute approximate surface area is 115 Å². The summed E-state index contributed by atoms with van der Waals surface area (Å²) in [5.74, 6) is 1.16. The van der Waals surface area contributed by atoms with Crippen LogP contribution in [0.1, 0.15) is 19.8 Å². The van der Waals surface area contributed by atoms with E-state index in [9.17, 15) is 10.1 Å². The number of benzene rings is 1. The molecule has 18 heavy (non-hydrogen) atoms. The molecular weight excluding hydrogens is 272 g/mol. The molecule has 0 radical (unpaired) electrons. The SMILES string of the molecule is CC1(CNc2cc(Cl)ccc2[N+](=O)[O-])CCCS1. The summed E-state index contributed by atoms with van der Waals surface area (Å²) < 4.78 is 0.163. The van der Waals surface area contributed by atoms with Gasteiger partial charge >= 0.3 is 0 Å². The van der Waals surface area contributed by atoms with Crippen LogP contribution >= 0.6 is 23.4 Å². The van der Waals surface area contributed by atoms with Crippen LogP contribution in [-0.2, 0) is 0 Å². The first-order chi connectivity index (χ1) is 8.50. The van der Waals surface area contributed by atoms with Crippen molar-refractivity contribution in [1.29, 1.82) is 0 Å². The van der Waals surface area contributed by atoms with Crippen molar-refractivity contribution in [3.63, 3.8) is 0 Å². The van der Waals surface area contributed by atoms with Crippen molar-refractivity contribution in [3.8, 4) is 0 Å².